The van der Waals surface area contributed by atoms with Gasteiger partial charge in [-0.3, -0.25) is 38.4 Å². The van der Waals surface area contributed by atoms with Crippen molar-refractivity contribution in [2.45, 2.75) is 269 Å². The van der Waals surface area contributed by atoms with Crippen molar-refractivity contribution in [3.63, 3.8) is 0 Å². The molecule has 4 saturated carbocycles. The molecule has 0 unspecified atom stereocenters. The average molecular weight is 1290 g/mol. The zero-order valence-electron chi connectivity index (χ0n) is 54.4. The van der Waals surface area contributed by atoms with Crippen molar-refractivity contribution < 1.29 is 55.5 Å². The average Bonchev–Trinajstić information content (AvgIpc) is 1.93. The first kappa shape index (κ1) is 74.7. The highest BCUT2D eigenvalue weighted by Gasteiger charge is 2.51. The Hall–Kier alpha value is -5.00. The van der Waals surface area contributed by atoms with Gasteiger partial charge in [-0.05, 0) is 175 Å². The third kappa shape index (κ3) is 29.4. The highest BCUT2D eigenvalue weighted by atomic mass is 32.3. The summed E-state index contributed by atoms with van der Waals surface area (Å²) in [6.07, 6.45) is 21.9. The topological polar surface area (TPSA) is 308 Å². The summed E-state index contributed by atoms with van der Waals surface area (Å²) in [6.45, 7) is 13.3. The minimum absolute atomic E-state index is 0.00131. The van der Waals surface area contributed by atoms with E-state index in [4.69, 9.17) is 0 Å². The van der Waals surface area contributed by atoms with E-state index in [9.17, 15) is 55.5 Å². The normalized spacial score (nSPS) is 23.1. The molecule has 10 N–H and O–H groups in total. The van der Waals surface area contributed by atoms with Gasteiger partial charge in [0.1, 0.15) is 18.1 Å². The van der Waals surface area contributed by atoms with Gasteiger partial charge in [0.25, 0.3) is 0 Å². The van der Waals surface area contributed by atoms with E-state index in [1.165, 1.54) is 19.3 Å². The van der Waals surface area contributed by atoms with Gasteiger partial charge in [0.2, 0.25) is 47.3 Å². The van der Waals surface area contributed by atoms with E-state index in [0.29, 0.717) is 133 Å². The molecule has 89 heavy (non-hydrogen) atoms. The zero-order valence-corrected chi connectivity index (χ0v) is 56.0. The quantitative estimate of drug-likeness (QED) is 0.0161. The van der Waals surface area contributed by atoms with E-state index >= 15 is 0 Å². The number of urea groups is 1. The van der Waals surface area contributed by atoms with E-state index in [2.05, 4.69) is 53.2 Å². The fourth-order valence-electron chi connectivity index (χ4n) is 14.3. The van der Waals surface area contributed by atoms with Crippen molar-refractivity contribution in [3.05, 3.63) is 11.5 Å². The molecule has 0 aromatic carbocycles. The summed E-state index contributed by atoms with van der Waals surface area (Å²) in [6, 6.07) is -3.03. The summed E-state index contributed by atoms with van der Waals surface area (Å²) in [5, 5.41) is 30.3. The van der Waals surface area contributed by atoms with E-state index in [-0.39, 0.29) is 89.6 Å². The van der Waals surface area contributed by atoms with Crippen LogP contribution < -0.4 is 53.2 Å². The molecule has 24 heteroatoms. The molecule has 4 aliphatic carbocycles. The molecule has 10 amide bonds. The second-order valence-electron chi connectivity index (χ2n) is 27.8. The fourth-order valence-corrected chi connectivity index (χ4v) is 16.2. The molecule has 2 aliphatic heterocycles. The SMILES string of the molecule is CC(C)C[C@@H](/C=C\S(=O)(=O)F)NC(=O)[C@H](CC(C)C)NC(=O)[C@H](CC(C)C)NC(=O)CCCCCNC(=O)CCCCCNC(=O)CCCCCNC(=O)[C@H](CCCCNC(=O)CCCC[C@@H]1SC[C@@H]2NC(=O)N[C@@H]21)NC(=O)CC12CC3CC(CC(C3)C1)C2. The summed E-state index contributed by atoms with van der Waals surface area (Å²) in [7, 11) is -4.91. The van der Waals surface area contributed by atoms with Crippen molar-refractivity contribution in [2.75, 3.05) is 31.9 Å². The number of carbonyl (C=O) groups excluding carboxylic acids is 9. The third-order valence-electron chi connectivity index (χ3n) is 18.1. The molecule has 2 heterocycles. The highest BCUT2D eigenvalue weighted by Crippen LogP contribution is 2.61. The Morgan fingerprint density at radius 1 is 0.539 bits per heavy atom. The number of thioether (sulfide) groups is 1. The second-order valence-corrected chi connectivity index (χ2v) is 30.3. The molecular formula is C65H111FN10O11S2. The summed E-state index contributed by atoms with van der Waals surface area (Å²) in [5.74, 6) is 1.52. The number of carbonyl (C=O) groups is 9. The first-order valence-electron chi connectivity index (χ1n) is 33.9. The molecule has 0 aromatic heterocycles. The summed E-state index contributed by atoms with van der Waals surface area (Å²) in [5.41, 5.74) is 0.0603. The number of fused-ring (bicyclic) bond motifs is 1. The minimum Gasteiger partial charge on any atom is -0.356 e. The van der Waals surface area contributed by atoms with Crippen LogP contribution in [-0.4, -0.2) is 135 Å². The predicted molar refractivity (Wildman–Crippen MR) is 346 cm³/mol. The Bertz CT molecular complexity index is 2410. The minimum atomic E-state index is -4.91. The number of unbranched alkanes of at least 4 members (excludes halogenated alkanes) is 8. The first-order valence-corrected chi connectivity index (χ1v) is 36.4. The van der Waals surface area contributed by atoms with Crippen LogP contribution in [0.5, 0.6) is 0 Å². The number of halogens is 1. The maximum Gasteiger partial charge on any atom is 0.324 e. The molecule has 7 atom stereocenters. The largest absolute Gasteiger partial charge is 0.356 e. The molecule has 6 fully saturated rings. The van der Waals surface area contributed by atoms with Gasteiger partial charge >= 0.3 is 16.3 Å². The smallest absolute Gasteiger partial charge is 0.324 e. The Balaban J connectivity index is 0.884. The van der Waals surface area contributed by atoms with Crippen LogP contribution in [0.3, 0.4) is 0 Å². The molecule has 0 spiro atoms. The van der Waals surface area contributed by atoms with Crippen molar-refractivity contribution in [1.29, 1.82) is 0 Å². The summed E-state index contributed by atoms with van der Waals surface area (Å²) < 4.78 is 35.6. The van der Waals surface area contributed by atoms with E-state index < -0.39 is 46.2 Å². The molecule has 506 valence electrons. The molecular weight excluding hydrogens is 1180 g/mol. The second kappa shape index (κ2) is 38.8. The number of hydrogen-bond acceptors (Lipinski definition) is 12. The standard InChI is InChI=1S/C65H111FN10O11S2/c1-43(2)32-49(26-31-89(66,86)87)71-62(83)52(34-45(5)6)74-63(84)51(33-44(3)4)73-58(80)25-12-9-17-28-68-55(77)22-10-7-16-27-67-56(78)23-11-8-18-30-70-61(82)50(72-59(81)41-65-38-46-35-47(39-65)37-48(36-46)40-65)20-15-19-29-69-57(79)24-14-13-21-54-60-53(42-88-54)75-64(85)76-60/h26,31,43-54,60H,7-25,27-30,32-42H2,1-6H3,(H,67,78)(H,68,77)(H,69,79)(H,70,82)(H,71,83)(H,72,81)(H,73,80)(H,74,84)(H2,75,76,85)/b31-26-/t46?,47?,48?,49-,50+,51+,52+,53+,54+,60+,65?/m1/s1. The van der Waals surface area contributed by atoms with Gasteiger partial charge in [-0.1, -0.05) is 67.2 Å². The third-order valence-corrected chi connectivity index (χ3v) is 20.1. The van der Waals surface area contributed by atoms with Gasteiger partial charge < -0.3 is 53.2 Å². The van der Waals surface area contributed by atoms with Gasteiger partial charge in [0, 0.05) is 75.3 Å². The fraction of sp³-hybridized carbons (Fsp3) is 0.831. The van der Waals surface area contributed by atoms with Crippen molar-refractivity contribution in [2.24, 2.45) is 40.9 Å². The van der Waals surface area contributed by atoms with Gasteiger partial charge in [-0.2, -0.15) is 20.2 Å². The van der Waals surface area contributed by atoms with E-state index in [1.807, 2.05) is 53.3 Å². The lowest BCUT2D eigenvalue weighted by molar-refractivity contribution is -0.134. The number of hydrogen-bond donors (Lipinski definition) is 10. The van der Waals surface area contributed by atoms with E-state index in [0.717, 1.165) is 87.4 Å². The molecule has 6 rings (SSSR count). The van der Waals surface area contributed by atoms with Gasteiger partial charge in [-0.25, -0.2) is 4.79 Å². The maximum atomic E-state index is 13.7. The van der Waals surface area contributed by atoms with Gasteiger partial charge in [0.05, 0.1) is 17.5 Å². The summed E-state index contributed by atoms with van der Waals surface area (Å²) in [4.78, 5) is 117. The lowest BCUT2D eigenvalue weighted by atomic mass is 9.49. The molecule has 0 radical (unpaired) electrons. The lowest BCUT2D eigenvalue weighted by Crippen LogP contribution is -2.55. The predicted octanol–water partition coefficient (Wildman–Crippen LogP) is 7.53. The Morgan fingerprint density at radius 2 is 1.00 bits per heavy atom. The van der Waals surface area contributed by atoms with Crippen LogP contribution in [0.2, 0.25) is 0 Å². The lowest BCUT2D eigenvalue weighted by Gasteiger charge is -2.56. The highest BCUT2D eigenvalue weighted by molar-refractivity contribution is 8.00. The Labute approximate surface area is 535 Å². The van der Waals surface area contributed by atoms with Crippen LogP contribution in [0.1, 0.15) is 228 Å². The number of amides is 10. The Morgan fingerprint density at radius 3 is 1.52 bits per heavy atom. The van der Waals surface area contributed by atoms with Crippen molar-refractivity contribution in [1.82, 2.24) is 53.2 Å². The molecule has 6 aliphatic rings. The van der Waals surface area contributed by atoms with Crippen LogP contribution in [0.25, 0.3) is 0 Å². The van der Waals surface area contributed by atoms with Gasteiger partial charge in [-0.15, -0.1) is 3.89 Å². The van der Waals surface area contributed by atoms with Gasteiger partial charge in [0.15, 0.2) is 0 Å². The van der Waals surface area contributed by atoms with E-state index in [1.54, 1.807) is 0 Å². The van der Waals surface area contributed by atoms with Crippen LogP contribution in [0.4, 0.5) is 8.68 Å². The van der Waals surface area contributed by atoms with Crippen LogP contribution in [0, 0.1) is 40.9 Å². The van der Waals surface area contributed by atoms with Crippen LogP contribution in [-0.2, 0) is 48.6 Å². The number of nitrogens with one attached hydrogen (secondary N) is 10. The maximum absolute atomic E-state index is 13.7. The molecule has 4 bridgehead atoms. The molecule has 21 nitrogen and oxygen atoms in total. The first-order chi connectivity index (χ1) is 42.3. The van der Waals surface area contributed by atoms with Crippen LogP contribution in [0.15, 0.2) is 11.5 Å². The zero-order chi connectivity index (χ0) is 64.9. The number of rotatable bonds is 45. The molecule has 0 aromatic rings. The van der Waals surface area contributed by atoms with Crippen molar-refractivity contribution >= 4 is 75.3 Å². The van der Waals surface area contributed by atoms with Crippen LogP contribution >= 0.6 is 11.8 Å². The Kier molecular flexibility index (Phi) is 32.5. The monoisotopic (exact) mass is 1290 g/mol. The summed E-state index contributed by atoms with van der Waals surface area (Å²) >= 11 is 1.88. The molecule has 2 saturated heterocycles. The van der Waals surface area contributed by atoms with Crippen molar-refractivity contribution in [3.8, 4) is 0 Å².